The first-order valence-corrected chi connectivity index (χ1v) is 7.16. The van der Waals surface area contributed by atoms with Gasteiger partial charge in [-0.1, -0.05) is 20.8 Å². The Morgan fingerprint density at radius 1 is 1.45 bits per heavy atom. The lowest BCUT2D eigenvalue weighted by Crippen LogP contribution is -2.35. The zero-order valence-electron chi connectivity index (χ0n) is 13.2. The molecule has 0 saturated carbocycles. The maximum absolute atomic E-state index is 12.0. The number of hydrogen-bond acceptors (Lipinski definition) is 3. The Bertz CT molecular complexity index is 432. The third-order valence-electron chi connectivity index (χ3n) is 3.72. The molecule has 0 bridgehead atoms. The number of aryl methyl sites for hydroxylation is 2. The molecule has 1 heterocycles. The standard InChI is InChI=1S/C15H27N3O2/c1-10(14-11(2)17-18-12(14)3)8-13(20)16-9-15(4,5)6-7-19/h10,19H,6-9H2,1-5H3,(H,16,20)(H,17,18). The molecule has 1 amide bonds. The Hall–Kier alpha value is -1.36. The average molecular weight is 281 g/mol. The normalized spacial score (nSPS) is 13.3. The minimum absolute atomic E-state index is 0.0449. The van der Waals surface area contributed by atoms with E-state index in [1.807, 2.05) is 34.6 Å². The first kappa shape index (κ1) is 16.7. The zero-order valence-corrected chi connectivity index (χ0v) is 13.2. The molecule has 0 aliphatic carbocycles. The first-order chi connectivity index (χ1) is 9.26. The number of amides is 1. The minimum atomic E-state index is -0.0743. The van der Waals surface area contributed by atoms with Crippen LogP contribution in [0.15, 0.2) is 0 Å². The Kier molecular flexibility index (Phi) is 5.74. The lowest BCUT2D eigenvalue weighted by atomic mass is 9.89. The monoisotopic (exact) mass is 281 g/mol. The summed E-state index contributed by atoms with van der Waals surface area (Å²) in [5, 5.41) is 19.1. The van der Waals surface area contributed by atoms with Crippen LogP contribution in [0.5, 0.6) is 0 Å². The molecule has 1 atom stereocenters. The van der Waals surface area contributed by atoms with Crippen molar-refractivity contribution in [2.24, 2.45) is 5.41 Å². The van der Waals surface area contributed by atoms with Crippen molar-refractivity contribution in [3.8, 4) is 0 Å². The quantitative estimate of drug-likeness (QED) is 0.715. The second-order valence-electron chi connectivity index (χ2n) is 6.37. The maximum Gasteiger partial charge on any atom is 0.220 e. The summed E-state index contributed by atoms with van der Waals surface area (Å²) in [6.07, 6.45) is 1.14. The maximum atomic E-state index is 12.0. The molecule has 1 aromatic heterocycles. The first-order valence-electron chi connectivity index (χ1n) is 7.16. The van der Waals surface area contributed by atoms with Gasteiger partial charge in [0, 0.05) is 25.3 Å². The van der Waals surface area contributed by atoms with Crippen molar-refractivity contribution >= 4 is 5.91 Å². The van der Waals surface area contributed by atoms with Gasteiger partial charge in [0.05, 0.1) is 5.69 Å². The molecule has 1 unspecified atom stereocenters. The van der Waals surface area contributed by atoms with Gasteiger partial charge >= 0.3 is 0 Å². The predicted octanol–water partition coefficient (Wildman–Crippen LogP) is 2.04. The number of hydrogen-bond donors (Lipinski definition) is 3. The van der Waals surface area contributed by atoms with Crippen LogP contribution in [0.2, 0.25) is 0 Å². The van der Waals surface area contributed by atoms with Crippen LogP contribution in [0.4, 0.5) is 0 Å². The molecule has 114 valence electrons. The number of rotatable bonds is 7. The van der Waals surface area contributed by atoms with Crippen molar-refractivity contribution in [3.63, 3.8) is 0 Å². The second-order valence-corrected chi connectivity index (χ2v) is 6.37. The molecule has 3 N–H and O–H groups in total. The predicted molar refractivity (Wildman–Crippen MR) is 79.6 cm³/mol. The molecule has 1 rings (SSSR count). The van der Waals surface area contributed by atoms with Gasteiger partial charge in [0.25, 0.3) is 0 Å². The second kappa shape index (κ2) is 6.88. The highest BCUT2D eigenvalue weighted by atomic mass is 16.3. The number of carbonyl (C=O) groups is 1. The highest BCUT2D eigenvalue weighted by Crippen LogP contribution is 2.24. The third kappa shape index (κ3) is 4.63. The Morgan fingerprint density at radius 2 is 2.10 bits per heavy atom. The highest BCUT2D eigenvalue weighted by Gasteiger charge is 2.21. The number of nitrogens with zero attached hydrogens (tertiary/aromatic N) is 1. The van der Waals surface area contributed by atoms with E-state index in [2.05, 4.69) is 15.5 Å². The molecule has 5 heteroatoms. The van der Waals surface area contributed by atoms with Gasteiger partial charge < -0.3 is 10.4 Å². The molecule has 0 aliphatic heterocycles. The van der Waals surface area contributed by atoms with E-state index in [4.69, 9.17) is 5.11 Å². The smallest absolute Gasteiger partial charge is 0.220 e. The van der Waals surface area contributed by atoms with Crippen molar-refractivity contribution in [1.82, 2.24) is 15.5 Å². The minimum Gasteiger partial charge on any atom is -0.396 e. The van der Waals surface area contributed by atoms with Crippen LogP contribution >= 0.6 is 0 Å². The average Bonchev–Trinajstić information content (AvgIpc) is 2.66. The van der Waals surface area contributed by atoms with E-state index in [0.29, 0.717) is 19.4 Å². The van der Waals surface area contributed by atoms with Crippen molar-refractivity contribution in [3.05, 3.63) is 17.0 Å². The summed E-state index contributed by atoms with van der Waals surface area (Å²) >= 11 is 0. The van der Waals surface area contributed by atoms with Crippen molar-refractivity contribution in [2.45, 2.75) is 53.4 Å². The van der Waals surface area contributed by atoms with E-state index >= 15 is 0 Å². The molecular formula is C15H27N3O2. The summed E-state index contributed by atoms with van der Waals surface area (Å²) < 4.78 is 0. The van der Waals surface area contributed by atoms with Crippen LogP contribution in [0.25, 0.3) is 0 Å². The molecular weight excluding hydrogens is 254 g/mol. The lowest BCUT2D eigenvalue weighted by molar-refractivity contribution is -0.121. The number of carbonyl (C=O) groups excluding carboxylic acids is 1. The van der Waals surface area contributed by atoms with E-state index < -0.39 is 0 Å². The van der Waals surface area contributed by atoms with Crippen LogP contribution in [-0.2, 0) is 4.79 Å². The summed E-state index contributed by atoms with van der Waals surface area (Å²) in [6, 6.07) is 0. The van der Waals surface area contributed by atoms with E-state index in [1.54, 1.807) is 0 Å². The third-order valence-corrected chi connectivity index (χ3v) is 3.72. The number of aliphatic hydroxyl groups excluding tert-OH is 1. The van der Waals surface area contributed by atoms with Crippen molar-refractivity contribution in [1.29, 1.82) is 0 Å². The zero-order chi connectivity index (χ0) is 15.3. The summed E-state index contributed by atoms with van der Waals surface area (Å²) in [4.78, 5) is 12.0. The molecule has 0 aliphatic rings. The number of aromatic amines is 1. The number of aliphatic hydroxyl groups is 1. The molecule has 0 radical (unpaired) electrons. The topological polar surface area (TPSA) is 78.0 Å². The molecule has 1 aromatic rings. The largest absolute Gasteiger partial charge is 0.396 e. The van der Waals surface area contributed by atoms with E-state index in [1.165, 1.54) is 0 Å². The van der Waals surface area contributed by atoms with E-state index in [9.17, 15) is 4.79 Å². The van der Waals surface area contributed by atoms with Gasteiger partial charge in [-0.05, 0) is 37.2 Å². The fourth-order valence-electron chi connectivity index (χ4n) is 2.47. The summed E-state index contributed by atoms with van der Waals surface area (Å²) in [7, 11) is 0. The molecule has 0 fully saturated rings. The van der Waals surface area contributed by atoms with Gasteiger partial charge in [0.1, 0.15) is 0 Å². The molecule has 0 saturated heterocycles. The Morgan fingerprint density at radius 3 is 2.60 bits per heavy atom. The van der Waals surface area contributed by atoms with Gasteiger partial charge in [0.15, 0.2) is 0 Å². The summed E-state index contributed by atoms with van der Waals surface area (Å²) in [5.74, 6) is 0.193. The van der Waals surface area contributed by atoms with Crippen molar-refractivity contribution < 1.29 is 9.90 Å². The molecule has 5 nitrogen and oxygen atoms in total. The Balaban J connectivity index is 2.51. The SMILES string of the molecule is Cc1n[nH]c(C)c1C(C)CC(=O)NCC(C)(C)CCO. The summed E-state index contributed by atoms with van der Waals surface area (Å²) in [5.41, 5.74) is 3.05. The number of aromatic nitrogens is 2. The van der Waals surface area contributed by atoms with E-state index in [-0.39, 0.29) is 23.8 Å². The van der Waals surface area contributed by atoms with Gasteiger partial charge in [0.2, 0.25) is 5.91 Å². The molecule has 0 spiro atoms. The van der Waals surface area contributed by atoms with Gasteiger partial charge in [-0.2, -0.15) is 5.10 Å². The number of H-pyrrole nitrogens is 1. The molecule has 20 heavy (non-hydrogen) atoms. The Labute approximate surface area is 121 Å². The lowest BCUT2D eigenvalue weighted by Gasteiger charge is -2.24. The van der Waals surface area contributed by atoms with Gasteiger partial charge in [-0.25, -0.2) is 0 Å². The van der Waals surface area contributed by atoms with Crippen LogP contribution < -0.4 is 5.32 Å². The van der Waals surface area contributed by atoms with Crippen LogP contribution in [0.1, 0.15) is 56.5 Å². The molecule has 0 aromatic carbocycles. The van der Waals surface area contributed by atoms with Crippen LogP contribution in [0.3, 0.4) is 0 Å². The van der Waals surface area contributed by atoms with Gasteiger partial charge in [-0.15, -0.1) is 0 Å². The van der Waals surface area contributed by atoms with Crippen LogP contribution in [-0.4, -0.2) is 34.4 Å². The highest BCUT2D eigenvalue weighted by molar-refractivity contribution is 5.77. The van der Waals surface area contributed by atoms with Gasteiger partial charge in [-0.3, -0.25) is 9.89 Å². The fourth-order valence-corrected chi connectivity index (χ4v) is 2.47. The number of nitrogens with one attached hydrogen (secondary N) is 2. The summed E-state index contributed by atoms with van der Waals surface area (Å²) in [6.45, 7) is 10.8. The fraction of sp³-hybridized carbons (Fsp3) is 0.733. The van der Waals surface area contributed by atoms with Crippen molar-refractivity contribution in [2.75, 3.05) is 13.2 Å². The van der Waals surface area contributed by atoms with E-state index in [0.717, 1.165) is 17.0 Å². The van der Waals surface area contributed by atoms with Crippen LogP contribution in [0, 0.1) is 19.3 Å².